The fourth-order valence-corrected chi connectivity index (χ4v) is 4.86. The van der Waals surface area contributed by atoms with Crippen molar-refractivity contribution >= 4 is 46.7 Å². The molecule has 1 saturated heterocycles. The first-order valence-corrected chi connectivity index (χ1v) is 12.5. The van der Waals surface area contributed by atoms with Crippen molar-refractivity contribution in [1.82, 2.24) is 20.1 Å². The van der Waals surface area contributed by atoms with E-state index in [2.05, 4.69) is 25.4 Å². The minimum atomic E-state index is -0.202. The molecular formula is C26H32ClN5O4. The van der Waals surface area contributed by atoms with E-state index in [1.54, 1.807) is 24.3 Å². The molecule has 1 fully saturated rings. The molecule has 2 amide bonds. The van der Waals surface area contributed by atoms with E-state index in [0.29, 0.717) is 41.5 Å². The molecule has 9 nitrogen and oxygen atoms in total. The molecule has 0 radical (unpaired) electrons. The number of benzene rings is 1. The number of amides is 2. The molecule has 0 spiro atoms. The van der Waals surface area contributed by atoms with Crippen molar-refractivity contribution in [2.45, 2.75) is 20.8 Å². The molecular weight excluding hydrogens is 482 g/mol. The highest BCUT2D eigenvalue weighted by Crippen LogP contribution is 2.35. The summed E-state index contributed by atoms with van der Waals surface area (Å²) < 4.78 is 5.02. The number of aryl methyl sites for hydroxylation is 1. The predicted molar refractivity (Wildman–Crippen MR) is 140 cm³/mol. The molecule has 3 heterocycles. The first-order valence-electron chi connectivity index (χ1n) is 12.2. The maximum absolute atomic E-state index is 13.0. The molecule has 192 valence electrons. The predicted octanol–water partition coefficient (Wildman–Crippen LogP) is 2.69. The van der Waals surface area contributed by atoms with Crippen LogP contribution < -0.4 is 10.6 Å². The van der Waals surface area contributed by atoms with Crippen LogP contribution in [-0.4, -0.2) is 85.0 Å². The Balaban J connectivity index is 1.34. The van der Waals surface area contributed by atoms with Crippen LogP contribution in [0.15, 0.2) is 18.2 Å². The third-order valence-corrected chi connectivity index (χ3v) is 6.83. The highest BCUT2D eigenvalue weighted by molar-refractivity contribution is 6.36. The summed E-state index contributed by atoms with van der Waals surface area (Å²) in [4.78, 5) is 44.8. The summed E-state index contributed by atoms with van der Waals surface area (Å²) in [7, 11) is 0. The molecule has 10 heteroatoms. The number of anilines is 1. The van der Waals surface area contributed by atoms with Crippen LogP contribution in [-0.2, 0) is 14.3 Å². The molecule has 36 heavy (non-hydrogen) atoms. The molecule has 2 aliphatic heterocycles. The van der Waals surface area contributed by atoms with Crippen molar-refractivity contribution in [3.63, 3.8) is 0 Å². The van der Waals surface area contributed by atoms with Gasteiger partial charge in [0.25, 0.3) is 11.8 Å². The van der Waals surface area contributed by atoms with Crippen molar-refractivity contribution < 1.29 is 19.1 Å². The van der Waals surface area contributed by atoms with Gasteiger partial charge in [-0.1, -0.05) is 11.6 Å². The zero-order valence-electron chi connectivity index (χ0n) is 20.9. The first kappa shape index (κ1) is 25.9. The first-order chi connectivity index (χ1) is 17.3. The summed E-state index contributed by atoms with van der Waals surface area (Å²) in [6.07, 6.45) is 1.77. The van der Waals surface area contributed by atoms with Crippen LogP contribution in [0.5, 0.6) is 0 Å². The normalized spacial score (nSPS) is 17.2. The van der Waals surface area contributed by atoms with E-state index < -0.39 is 0 Å². The lowest BCUT2D eigenvalue weighted by Gasteiger charge is -2.34. The lowest BCUT2D eigenvalue weighted by atomic mass is 10.0. The second-order valence-electron chi connectivity index (χ2n) is 9.04. The van der Waals surface area contributed by atoms with Crippen LogP contribution in [0.3, 0.4) is 0 Å². The number of nitrogens with zero attached hydrogens (tertiary/aromatic N) is 2. The summed E-state index contributed by atoms with van der Waals surface area (Å²) in [5, 5.41) is 6.42. The number of nitrogens with one attached hydrogen (secondary N) is 3. The highest BCUT2D eigenvalue weighted by atomic mass is 35.5. The minimum Gasteiger partial charge on any atom is -0.465 e. The second-order valence-corrected chi connectivity index (χ2v) is 9.48. The van der Waals surface area contributed by atoms with Crippen molar-refractivity contribution in [3.8, 4) is 0 Å². The molecule has 0 saturated carbocycles. The summed E-state index contributed by atoms with van der Waals surface area (Å²) in [5.74, 6) is -0.537. The van der Waals surface area contributed by atoms with Gasteiger partial charge >= 0.3 is 5.97 Å². The number of piperazine rings is 1. The van der Waals surface area contributed by atoms with Gasteiger partial charge in [0.15, 0.2) is 0 Å². The Labute approximate surface area is 215 Å². The van der Waals surface area contributed by atoms with Crippen LogP contribution in [0.2, 0.25) is 5.02 Å². The van der Waals surface area contributed by atoms with Crippen LogP contribution in [0.4, 0.5) is 5.69 Å². The largest absolute Gasteiger partial charge is 0.465 e. The summed E-state index contributed by atoms with van der Waals surface area (Å²) >= 11 is 6.13. The van der Waals surface area contributed by atoms with Gasteiger partial charge in [0, 0.05) is 66.9 Å². The SMILES string of the molecule is CCOC(=O)CN1CCN(CCNC(=O)c2c(C)[nH]c(/C=C3\C(=O)Nc4ccc(Cl)cc43)c2C)CC1. The Morgan fingerprint density at radius 1 is 1.17 bits per heavy atom. The number of aromatic amines is 1. The van der Waals surface area contributed by atoms with E-state index in [4.69, 9.17) is 16.3 Å². The highest BCUT2D eigenvalue weighted by Gasteiger charge is 2.26. The number of carbonyl (C=O) groups is 3. The summed E-state index contributed by atoms with van der Waals surface area (Å²) in [6, 6.07) is 5.28. The fourth-order valence-electron chi connectivity index (χ4n) is 4.68. The maximum Gasteiger partial charge on any atom is 0.320 e. The number of H-pyrrole nitrogens is 1. The van der Waals surface area contributed by atoms with Gasteiger partial charge < -0.3 is 20.4 Å². The Morgan fingerprint density at radius 2 is 1.89 bits per heavy atom. The molecule has 1 aromatic carbocycles. The average Bonchev–Trinajstić information content (AvgIpc) is 3.29. The van der Waals surface area contributed by atoms with Crippen molar-refractivity contribution in [2.75, 3.05) is 57.7 Å². The van der Waals surface area contributed by atoms with E-state index >= 15 is 0 Å². The number of carbonyl (C=O) groups excluding carboxylic acids is 3. The zero-order valence-corrected chi connectivity index (χ0v) is 21.6. The van der Waals surface area contributed by atoms with E-state index in [1.807, 2.05) is 20.8 Å². The number of aromatic nitrogens is 1. The molecule has 2 aliphatic rings. The smallest absolute Gasteiger partial charge is 0.320 e. The molecule has 0 aliphatic carbocycles. The maximum atomic E-state index is 13.0. The number of halogens is 1. The van der Waals surface area contributed by atoms with E-state index in [9.17, 15) is 14.4 Å². The Kier molecular flexibility index (Phi) is 8.13. The topological polar surface area (TPSA) is 107 Å². The second kappa shape index (κ2) is 11.3. The lowest BCUT2D eigenvalue weighted by Crippen LogP contribution is -2.49. The lowest BCUT2D eigenvalue weighted by molar-refractivity contribution is -0.144. The molecule has 2 aromatic rings. The fraction of sp³-hybridized carbons (Fsp3) is 0.423. The standard InChI is InChI=1S/C26H32ClN5O4/c1-4-36-23(33)15-32-11-9-31(10-12-32)8-7-28-26(35)24-16(2)22(29-17(24)3)14-20-19-13-18(27)5-6-21(19)30-25(20)34/h5-6,13-14,29H,4,7-12,15H2,1-3H3,(H,28,35)(H,30,34)/b20-14-. The monoisotopic (exact) mass is 513 g/mol. The summed E-state index contributed by atoms with van der Waals surface area (Å²) in [6.45, 7) is 10.8. The van der Waals surface area contributed by atoms with Crippen molar-refractivity contribution in [2.24, 2.45) is 0 Å². The van der Waals surface area contributed by atoms with Gasteiger partial charge in [-0.3, -0.25) is 24.2 Å². The van der Waals surface area contributed by atoms with Crippen LogP contribution in [0, 0.1) is 13.8 Å². The number of rotatable bonds is 8. The van der Waals surface area contributed by atoms with Gasteiger partial charge in [-0.15, -0.1) is 0 Å². The number of hydrogen-bond donors (Lipinski definition) is 3. The molecule has 0 atom stereocenters. The van der Waals surface area contributed by atoms with Crippen molar-refractivity contribution in [3.05, 3.63) is 51.3 Å². The molecule has 0 unspecified atom stereocenters. The van der Waals surface area contributed by atoms with Gasteiger partial charge in [-0.25, -0.2) is 0 Å². The number of hydrogen-bond acceptors (Lipinski definition) is 6. The number of ether oxygens (including phenoxy) is 1. The third kappa shape index (κ3) is 5.80. The Bertz CT molecular complexity index is 1200. The van der Waals surface area contributed by atoms with Gasteiger partial charge in [0.1, 0.15) is 0 Å². The summed E-state index contributed by atoms with van der Waals surface area (Å²) in [5.41, 5.74) is 4.80. The van der Waals surface area contributed by atoms with Gasteiger partial charge in [-0.2, -0.15) is 0 Å². The van der Waals surface area contributed by atoms with E-state index in [-0.39, 0.29) is 17.8 Å². The Hall–Kier alpha value is -3.14. The van der Waals surface area contributed by atoms with E-state index in [1.165, 1.54) is 0 Å². The van der Waals surface area contributed by atoms with Gasteiger partial charge in [-0.05, 0) is 50.6 Å². The van der Waals surface area contributed by atoms with Crippen LogP contribution >= 0.6 is 11.6 Å². The Morgan fingerprint density at radius 3 is 2.61 bits per heavy atom. The van der Waals surface area contributed by atoms with Crippen molar-refractivity contribution in [1.29, 1.82) is 0 Å². The average molecular weight is 514 g/mol. The quantitative estimate of drug-likeness (QED) is 0.370. The van der Waals surface area contributed by atoms with Crippen LogP contribution in [0.25, 0.3) is 11.6 Å². The molecule has 1 aromatic heterocycles. The van der Waals surface area contributed by atoms with Crippen LogP contribution in [0.1, 0.15) is 39.8 Å². The minimum absolute atomic E-state index is 0.147. The zero-order chi connectivity index (χ0) is 25.8. The molecule has 0 bridgehead atoms. The number of esters is 1. The molecule has 3 N–H and O–H groups in total. The third-order valence-electron chi connectivity index (χ3n) is 6.59. The number of fused-ring (bicyclic) bond motifs is 1. The molecule has 4 rings (SSSR count). The van der Waals surface area contributed by atoms with Gasteiger partial charge in [0.2, 0.25) is 0 Å². The van der Waals surface area contributed by atoms with Gasteiger partial charge in [0.05, 0.1) is 24.3 Å². The van der Waals surface area contributed by atoms with E-state index in [0.717, 1.165) is 55.2 Å².